The highest BCUT2D eigenvalue weighted by atomic mass is 35.5. The molecule has 0 aliphatic carbocycles. The highest BCUT2D eigenvalue weighted by Crippen LogP contribution is 2.15. The van der Waals surface area contributed by atoms with Crippen LogP contribution in [0, 0.1) is 22.7 Å². The third kappa shape index (κ3) is 4.58. The molecule has 0 atom stereocenters. The van der Waals surface area contributed by atoms with Gasteiger partial charge in [0.05, 0.1) is 4.53 Å². The third-order valence-corrected chi connectivity index (χ3v) is 4.89. The number of thiazole rings is 1. The lowest BCUT2D eigenvalue weighted by Crippen LogP contribution is -2.32. The van der Waals surface area contributed by atoms with Crippen LogP contribution in [0.4, 0.5) is 0 Å². The summed E-state index contributed by atoms with van der Waals surface area (Å²) in [7, 11) is 0. The first kappa shape index (κ1) is 19.0. The van der Waals surface area contributed by atoms with Gasteiger partial charge in [0.15, 0.2) is 5.57 Å². The number of ether oxygens (including phenoxy) is 1. The van der Waals surface area contributed by atoms with Crippen molar-refractivity contribution in [3.8, 4) is 12.1 Å². The van der Waals surface area contributed by atoms with Crippen LogP contribution < -0.4 is 14.8 Å². The molecule has 25 heavy (non-hydrogen) atoms. The molecule has 0 unspecified atom stereocenters. The third-order valence-electron chi connectivity index (χ3n) is 3.41. The van der Waals surface area contributed by atoms with E-state index < -0.39 is 0 Å². The van der Waals surface area contributed by atoms with Gasteiger partial charge in [0.2, 0.25) is 0 Å². The van der Waals surface area contributed by atoms with Gasteiger partial charge < -0.3 is 4.74 Å². The van der Waals surface area contributed by atoms with Crippen LogP contribution in [0.2, 0.25) is 5.02 Å². The number of halogens is 1. The van der Waals surface area contributed by atoms with E-state index in [1.807, 2.05) is 31.2 Å². The molecule has 0 fully saturated rings. The first-order chi connectivity index (χ1) is 12.1. The SMILES string of the molecule is CCOCCCn1c(=C(C#N)C#N)sc(=Cc2ccccc2Cl)c1=O. The van der Waals surface area contributed by atoms with Gasteiger partial charge in [0, 0.05) is 24.8 Å². The lowest BCUT2D eigenvalue weighted by atomic mass is 10.2. The highest BCUT2D eigenvalue weighted by Gasteiger charge is 2.09. The number of nitriles is 2. The van der Waals surface area contributed by atoms with Crippen molar-refractivity contribution in [2.24, 2.45) is 0 Å². The molecule has 0 amide bonds. The van der Waals surface area contributed by atoms with Crippen LogP contribution in [0.25, 0.3) is 11.6 Å². The van der Waals surface area contributed by atoms with E-state index in [-0.39, 0.29) is 11.1 Å². The van der Waals surface area contributed by atoms with E-state index in [9.17, 15) is 15.3 Å². The monoisotopic (exact) mass is 373 g/mol. The Labute approximate surface area is 154 Å². The van der Waals surface area contributed by atoms with E-state index in [4.69, 9.17) is 16.3 Å². The molecule has 0 saturated heterocycles. The van der Waals surface area contributed by atoms with Crippen LogP contribution in [0.1, 0.15) is 18.9 Å². The fraction of sp³-hybridized carbons (Fsp3) is 0.278. The molecular weight excluding hydrogens is 358 g/mol. The minimum atomic E-state index is -0.237. The standard InChI is InChI=1S/C18H16ClN3O2S/c1-2-24-9-5-8-22-17(23)16(25-18(22)14(11-20)12-21)10-13-6-3-4-7-15(13)19/h3-4,6-7,10H,2,5,8-9H2,1H3. The van der Waals surface area contributed by atoms with Crippen LogP contribution >= 0.6 is 22.9 Å². The number of hydrogen-bond donors (Lipinski definition) is 0. The predicted octanol–water partition coefficient (Wildman–Crippen LogP) is 2.02. The molecule has 0 bridgehead atoms. The van der Waals surface area contributed by atoms with Crippen molar-refractivity contribution in [3.05, 3.63) is 54.4 Å². The second-order valence-electron chi connectivity index (χ2n) is 5.04. The molecule has 5 nitrogen and oxygen atoms in total. The molecule has 0 radical (unpaired) electrons. The topological polar surface area (TPSA) is 78.8 Å². The summed E-state index contributed by atoms with van der Waals surface area (Å²) in [5.41, 5.74) is 0.405. The zero-order valence-electron chi connectivity index (χ0n) is 13.7. The second kappa shape index (κ2) is 9.19. The van der Waals surface area contributed by atoms with Gasteiger partial charge in [-0.15, -0.1) is 11.3 Å². The molecule has 1 heterocycles. The Balaban J connectivity index is 2.60. The van der Waals surface area contributed by atoms with Crippen LogP contribution in [0.15, 0.2) is 29.1 Å². The minimum absolute atomic E-state index is 0.0719. The zero-order valence-corrected chi connectivity index (χ0v) is 15.2. The van der Waals surface area contributed by atoms with Crippen molar-refractivity contribution < 1.29 is 4.74 Å². The van der Waals surface area contributed by atoms with Crippen LogP contribution in [0.3, 0.4) is 0 Å². The van der Waals surface area contributed by atoms with Crippen LogP contribution in [-0.4, -0.2) is 17.8 Å². The molecule has 7 heteroatoms. The molecule has 2 aromatic rings. The maximum Gasteiger partial charge on any atom is 0.269 e. The number of nitrogens with zero attached hydrogens (tertiary/aromatic N) is 3. The molecule has 2 rings (SSSR count). The Morgan fingerprint density at radius 2 is 2.08 bits per heavy atom. The normalized spacial score (nSPS) is 11.1. The fourth-order valence-corrected chi connectivity index (χ4v) is 3.49. The first-order valence-electron chi connectivity index (χ1n) is 7.70. The molecule has 0 spiro atoms. The Hall–Kier alpha value is -2.38. The summed E-state index contributed by atoms with van der Waals surface area (Å²) < 4.78 is 7.56. The van der Waals surface area contributed by atoms with E-state index in [1.165, 1.54) is 4.57 Å². The first-order valence-corrected chi connectivity index (χ1v) is 8.90. The Morgan fingerprint density at radius 1 is 1.36 bits per heavy atom. The minimum Gasteiger partial charge on any atom is -0.382 e. The zero-order chi connectivity index (χ0) is 18.2. The predicted molar refractivity (Wildman–Crippen MR) is 98.6 cm³/mol. The summed E-state index contributed by atoms with van der Waals surface area (Å²) in [5.74, 6) is 0. The van der Waals surface area contributed by atoms with Gasteiger partial charge in [-0.25, -0.2) is 0 Å². The maximum atomic E-state index is 12.7. The average molecular weight is 374 g/mol. The van der Waals surface area contributed by atoms with Crippen LogP contribution in [-0.2, 0) is 11.3 Å². The van der Waals surface area contributed by atoms with Crippen molar-refractivity contribution >= 4 is 34.6 Å². The smallest absolute Gasteiger partial charge is 0.269 e. The quantitative estimate of drug-likeness (QED) is 0.725. The van der Waals surface area contributed by atoms with Crippen molar-refractivity contribution in [2.75, 3.05) is 13.2 Å². The Kier molecular flexibility index (Phi) is 6.97. The fourth-order valence-electron chi connectivity index (χ4n) is 2.23. The van der Waals surface area contributed by atoms with Gasteiger partial charge in [-0.05, 0) is 31.1 Å². The van der Waals surface area contributed by atoms with Gasteiger partial charge in [-0.3, -0.25) is 9.36 Å². The lowest BCUT2D eigenvalue weighted by molar-refractivity contribution is 0.141. The van der Waals surface area contributed by atoms with E-state index in [1.54, 1.807) is 18.2 Å². The Morgan fingerprint density at radius 3 is 2.72 bits per heavy atom. The van der Waals surface area contributed by atoms with E-state index in [0.29, 0.717) is 46.0 Å². The average Bonchev–Trinajstić information content (AvgIpc) is 2.91. The van der Waals surface area contributed by atoms with Gasteiger partial charge in [0.25, 0.3) is 5.56 Å². The lowest BCUT2D eigenvalue weighted by Gasteiger charge is -2.02. The molecule has 1 aromatic heterocycles. The van der Waals surface area contributed by atoms with Crippen molar-refractivity contribution in [2.45, 2.75) is 19.9 Å². The van der Waals surface area contributed by atoms with Gasteiger partial charge in [0.1, 0.15) is 16.8 Å². The van der Waals surface area contributed by atoms with E-state index >= 15 is 0 Å². The number of benzene rings is 1. The summed E-state index contributed by atoms with van der Waals surface area (Å²) >= 11 is 7.27. The summed E-state index contributed by atoms with van der Waals surface area (Å²) in [4.78, 5) is 12.7. The molecule has 0 N–H and O–H groups in total. The highest BCUT2D eigenvalue weighted by molar-refractivity contribution is 7.07. The van der Waals surface area contributed by atoms with Crippen molar-refractivity contribution in [1.82, 2.24) is 4.57 Å². The molecule has 0 aliphatic rings. The molecule has 128 valence electrons. The van der Waals surface area contributed by atoms with E-state index in [0.717, 1.165) is 11.3 Å². The number of aromatic nitrogens is 1. The van der Waals surface area contributed by atoms with Gasteiger partial charge in [-0.1, -0.05) is 29.8 Å². The summed E-state index contributed by atoms with van der Waals surface area (Å²) in [6.45, 7) is 3.39. The molecule has 0 saturated carbocycles. The summed E-state index contributed by atoms with van der Waals surface area (Å²) in [6, 6.07) is 10.9. The largest absolute Gasteiger partial charge is 0.382 e. The Bertz CT molecular complexity index is 993. The number of rotatable bonds is 6. The molecular formula is C18H16ClN3O2S. The maximum absolute atomic E-state index is 12.7. The second-order valence-corrected chi connectivity index (χ2v) is 6.48. The van der Waals surface area contributed by atoms with E-state index in [2.05, 4.69) is 0 Å². The van der Waals surface area contributed by atoms with Gasteiger partial charge in [-0.2, -0.15) is 10.5 Å². The molecule has 0 aliphatic heterocycles. The van der Waals surface area contributed by atoms with Crippen molar-refractivity contribution in [1.29, 1.82) is 10.5 Å². The van der Waals surface area contributed by atoms with Gasteiger partial charge >= 0.3 is 0 Å². The summed E-state index contributed by atoms with van der Waals surface area (Å²) in [5, 5.41) is 18.9. The number of hydrogen-bond acceptors (Lipinski definition) is 5. The van der Waals surface area contributed by atoms with Crippen LogP contribution in [0.5, 0.6) is 0 Å². The van der Waals surface area contributed by atoms with Crippen molar-refractivity contribution in [3.63, 3.8) is 0 Å². The summed E-state index contributed by atoms with van der Waals surface area (Å²) in [6.07, 6.45) is 2.30. The molecule has 1 aromatic carbocycles.